The summed E-state index contributed by atoms with van der Waals surface area (Å²) >= 11 is 0. The summed E-state index contributed by atoms with van der Waals surface area (Å²) in [5.41, 5.74) is 3.85. The van der Waals surface area contributed by atoms with Crippen molar-refractivity contribution >= 4 is 11.8 Å². The second kappa shape index (κ2) is 10.6. The Morgan fingerprint density at radius 2 is 1.81 bits per heavy atom. The Morgan fingerprint density at radius 1 is 1.06 bits per heavy atom. The maximum absolute atomic E-state index is 13.1. The summed E-state index contributed by atoms with van der Waals surface area (Å²) in [5.74, 6) is 1.99. The van der Waals surface area contributed by atoms with Crippen molar-refractivity contribution < 1.29 is 19.4 Å². The van der Waals surface area contributed by atoms with Crippen LogP contribution in [0.15, 0.2) is 42.5 Å². The van der Waals surface area contributed by atoms with Crippen LogP contribution in [0.1, 0.15) is 66.6 Å². The third-order valence-electron chi connectivity index (χ3n) is 8.06. The Bertz CT molecular complexity index is 1110. The molecule has 2 N–H and O–H groups in total. The lowest BCUT2D eigenvalue weighted by molar-refractivity contribution is -0.129. The van der Waals surface area contributed by atoms with Crippen molar-refractivity contribution in [2.45, 2.75) is 71.5 Å². The highest BCUT2D eigenvalue weighted by atomic mass is 16.5. The number of nitrogens with one attached hydrogen (secondary N) is 1. The van der Waals surface area contributed by atoms with Crippen LogP contribution in [0.25, 0.3) is 0 Å². The number of aliphatic hydroxyl groups excluding tert-OH is 1. The second-order valence-electron chi connectivity index (χ2n) is 10.8. The minimum Gasteiger partial charge on any atom is -0.489 e. The van der Waals surface area contributed by atoms with E-state index in [1.807, 2.05) is 12.1 Å². The van der Waals surface area contributed by atoms with Crippen LogP contribution >= 0.6 is 0 Å². The number of amides is 2. The van der Waals surface area contributed by atoms with Gasteiger partial charge in [-0.2, -0.15) is 0 Å². The lowest BCUT2D eigenvalue weighted by Crippen LogP contribution is -2.55. The molecule has 7 nitrogen and oxygen atoms in total. The van der Waals surface area contributed by atoms with Crippen LogP contribution in [0.3, 0.4) is 0 Å². The molecule has 0 spiro atoms. The van der Waals surface area contributed by atoms with Gasteiger partial charge in [0.25, 0.3) is 5.91 Å². The Kier molecular flexibility index (Phi) is 7.30. The molecule has 36 heavy (non-hydrogen) atoms. The summed E-state index contributed by atoms with van der Waals surface area (Å²) in [4.78, 5) is 28.9. The highest BCUT2D eigenvalue weighted by Crippen LogP contribution is 2.34. The molecule has 2 saturated heterocycles. The number of hydrogen-bond acceptors (Lipinski definition) is 5. The molecule has 2 amide bonds. The van der Waals surface area contributed by atoms with Gasteiger partial charge in [0, 0.05) is 24.1 Å². The largest absolute Gasteiger partial charge is 0.489 e. The molecular weight excluding hydrogens is 454 g/mol. The molecule has 2 fully saturated rings. The number of carbonyl (C=O) groups excluding carboxylic acids is 2. The van der Waals surface area contributed by atoms with Crippen molar-refractivity contribution in [1.82, 2.24) is 15.1 Å². The van der Waals surface area contributed by atoms with E-state index in [1.54, 1.807) is 11.0 Å². The monoisotopic (exact) mass is 491 g/mol. The Morgan fingerprint density at radius 3 is 2.56 bits per heavy atom. The van der Waals surface area contributed by atoms with E-state index in [2.05, 4.69) is 48.3 Å². The molecule has 3 aliphatic heterocycles. The SMILES string of the molecule is CC(C)C1CCN(Cc2cccc(COc3cccc4c3CN(C3CCC(=O)NC3O)C4=O)c2)CC1. The standard InChI is InChI=1S/C29H37N3O4/c1-19(2)22-11-13-31(14-12-22)16-20-5-3-6-21(15-20)18-36-26-8-4-7-23-24(26)17-32(29(23)35)25-9-10-27(33)30-28(25)34/h3-8,15,19,22,25,28,34H,9-14,16-18H2,1-2H3,(H,30,33). The average Bonchev–Trinajstić information content (AvgIpc) is 3.20. The predicted molar refractivity (Wildman–Crippen MR) is 137 cm³/mol. The number of hydrogen-bond donors (Lipinski definition) is 2. The summed E-state index contributed by atoms with van der Waals surface area (Å²) in [6.07, 6.45) is 2.26. The number of aliphatic hydroxyl groups is 1. The molecule has 0 aliphatic carbocycles. The van der Waals surface area contributed by atoms with Crippen LogP contribution in [-0.2, 0) is 24.5 Å². The maximum Gasteiger partial charge on any atom is 0.255 e. The van der Waals surface area contributed by atoms with Gasteiger partial charge in [-0.1, -0.05) is 44.2 Å². The van der Waals surface area contributed by atoms with Crippen molar-refractivity contribution in [2.24, 2.45) is 11.8 Å². The minimum atomic E-state index is -1.05. The van der Waals surface area contributed by atoms with Gasteiger partial charge in [-0.05, 0) is 67.4 Å². The van der Waals surface area contributed by atoms with Gasteiger partial charge >= 0.3 is 0 Å². The van der Waals surface area contributed by atoms with E-state index >= 15 is 0 Å². The fourth-order valence-corrected chi connectivity index (χ4v) is 5.84. The molecule has 5 rings (SSSR count). The van der Waals surface area contributed by atoms with E-state index in [4.69, 9.17) is 4.74 Å². The zero-order valence-corrected chi connectivity index (χ0v) is 21.3. The van der Waals surface area contributed by atoms with Gasteiger partial charge in [-0.25, -0.2) is 0 Å². The van der Waals surface area contributed by atoms with Crippen molar-refractivity contribution in [3.63, 3.8) is 0 Å². The van der Waals surface area contributed by atoms with E-state index < -0.39 is 12.3 Å². The third-order valence-corrected chi connectivity index (χ3v) is 8.06. The fourth-order valence-electron chi connectivity index (χ4n) is 5.84. The molecule has 3 aliphatic rings. The van der Waals surface area contributed by atoms with E-state index in [1.165, 1.54) is 18.4 Å². The molecular formula is C29H37N3O4. The van der Waals surface area contributed by atoms with Crippen LogP contribution in [0.4, 0.5) is 0 Å². The Labute approximate surface area is 213 Å². The molecule has 0 bridgehead atoms. The highest BCUT2D eigenvalue weighted by Gasteiger charge is 2.40. The first-order valence-electron chi connectivity index (χ1n) is 13.2. The number of fused-ring (bicyclic) bond motifs is 1. The van der Waals surface area contributed by atoms with Gasteiger partial charge in [0.2, 0.25) is 5.91 Å². The number of likely N-dealkylation sites (tertiary alicyclic amines) is 1. The van der Waals surface area contributed by atoms with Crippen molar-refractivity contribution in [1.29, 1.82) is 0 Å². The number of carbonyl (C=O) groups is 2. The summed E-state index contributed by atoms with van der Waals surface area (Å²) in [6, 6.07) is 13.7. The Balaban J connectivity index is 1.21. The van der Waals surface area contributed by atoms with E-state index in [9.17, 15) is 14.7 Å². The first kappa shape index (κ1) is 24.8. The van der Waals surface area contributed by atoms with E-state index in [0.717, 1.165) is 42.6 Å². The summed E-state index contributed by atoms with van der Waals surface area (Å²) < 4.78 is 6.22. The Hall–Kier alpha value is -2.90. The lowest BCUT2D eigenvalue weighted by Gasteiger charge is -2.35. The fraction of sp³-hybridized carbons (Fsp3) is 0.517. The maximum atomic E-state index is 13.1. The highest BCUT2D eigenvalue weighted by molar-refractivity contribution is 5.99. The summed E-state index contributed by atoms with van der Waals surface area (Å²) in [5, 5.41) is 12.9. The molecule has 2 unspecified atom stereocenters. The summed E-state index contributed by atoms with van der Waals surface area (Å²) in [7, 11) is 0. The topological polar surface area (TPSA) is 82.1 Å². The quantitative estimate of drug-likeness (QED) is 0.618. The van der Waals surface area contributed by atoms with Crippen LogP contribution in [0.2, 0.25) is 0 Å². The van der Waals surface area contributed by atoms with E-state index in [-0.39, 0.29) is 11.8 Å². The molecule has 0 saturated carbocycles. The number of ether oxygens (including phenoxy) is 1. The first-order chi connectivity index (χ1) is 17.4. The van der Waals surface area contributed by atoms with Gasteiger partial charge in [0.1, 0.15) is 18.6 Å². The summed E-state index contributed by atoms with van der Waals surface area (Å²) in [6.45, 7) is 8.73. The zero-order valence-electron chi connectivity index (χ0n) is 21.3. The number of benzene rings is 2. The molecule has 2 aromatic carbocycles. The smallest absolute Gasteiger partial charge is 0.255 e. The molecule has 0 aromatic heterocycles. The molecule has 7 heteroatoms. The van der Waals surface area contributed by atoms with Crippen molar-refractivity contribution in [2.75, 3.05) is 13.1 Å². The molecule has 2 aromatic rings. The molecule has 0 radical (unpaired) electrons. The van der Waals surface area contributed by atoms with Crippen molar-refractivity contribution in [3.05, 3.63) is 64.7 Å². The number of nitrogens with zero attached hydrogens (tertiary/aromatic N) is 2. The second-order valence-corrected chi connectivity index (χ2v) is 10.8. The third kappa shape index (κ3) is 5.27. The van der Waals surface area contributed by atoms with Gasteiger partial charge in [0.05, 0.1) is 12.6 Å². The normalized spacial score (nSPS) is 23.2. The van der Waals surface area contributed by atoms with Crippen LogP contribution < -0.4 is 10.1 Å². The molecule has 3 heterocycles. The van der Waals surface area contributed by atoms with Gasteiger partial charge in [-0.15, -0.1) is 0 Å². The zero-order chi connectivity index (χ0) is 25.2. The first-order valence-corrected chi connectivity index (χ1v) is 13.2. The minimum absolute atomic E-state index is 0.126. The van der Waals surface area contributed by atoms with Crippen LogP contribution in [0.5, 0.6) is 5.75 Å². The predicted octanol–water partition coefficient (Wildman–Crippen LogP) is 3.69. The average molecular weight is 492 g/mol. The van der Waals surface area contributed by atoms with Crippen LogP contribution in [-0.4, -0.2) is 52.1 Å². The van der Waals surface area contributed by atoms with Gasteiger partial charge in [0.15, 0.2) is 0 Å². The molecule has 192 valence electrons. The van der Waals surface area contributed by atoms with Crippen LogP contribution in [0, 0.1) is 11.8 Å². The lowest BCUT2D eigenvalue weighted by atomic mass is 9.86. The van der Waals surface area contributed by atoms with Crippen molar-refractivity contribution in [3.8, 4) is 5.75 Å². The number of piperidine rings is 2. The van der Waals surface area contributed by atoms with E-state index in [0.29, 0.717) is 37.3 Å². The number of rotatable bonds is 7. The van der Waals surface area contributed by atoms with Gasteiger partial charge in [-0.3, -0.25) is 14.5 Å². The van der Waals surface area contributed by atoms with Gasteiger partial charge < -0.3 is 20.1 Å². The molecule has 2 atom stereocenters.